The lowest BCUT2D eigenvalue weighted by Gasteiger charge is -2.32. The van der Waals surface area contributed by atoms with Crippen LogP contribution >= 0.6 is 0 Å². The number of piperidine rings is 1. The lowest BCUT2D eigenvalue weighted by molar-refractivity contribution is 0.00578. The van der Waals surface area contributed by atoms with Gasteiger partial charge in [0.1, 0.15) is 24.2 Å². The summed E-state index contributed by atoms with van der Waals surface area (Å²) in [5, 5.41) is 9.34. The molecule has 0 radical (unpaired) electrons. The first kappa shape index (κ1) is 20.1. The third-order valence-corrected chi connectivity index (χ3v) is 5.84. The minimum absolute atomic E-state index is 0.186. The number of hydrogen-bond acceptors (Lipinski definition) is 5. The minimum Gasteiger partial charge on any atom is -0.491 e. The van der Waals surface area contributed by atoms with Gasteiger partial charge in [-0.2, -0.15) is 5.26 Å². The summed E-state index contributed by atoms with van der Waals surface area (Å²) >= 11 is 0. The predicted molar refractivity (Wildman–Crippen MR) is 103 cm³/mol. The van der Waals surface area contributed by atoms with Crippen molar-refractivity contribution in [3.63, 3.8) is 0 Å². The Kier molecular flexibility index (Phi) is 5.80. The van der Waals surface area contributed by atoms with Crippen molar-refractivity contribution in [1.29, 1.82) is 5.26 Å². The molecule has 0 saturated carbocycles. The van der Waals surface area contributed by atoms with Gasteiger partial charge in [0.2, 0.25) is 0 Å². The van der Waals surface area contributed by atoms with Crippen LogP contribution < -0.4 is 10.2 Å². The summed E-state index contributed by atoms with van der Waals surface area (Å²) < 4.78 is 32.4. The van der Waals surface area contributed by atoms with Crippen LogP contribution in [0.4, 0.5) is 4.39 Å². The number of rotatable bonds is 5. The molecule has 0 bridgehead atoms. The number of nitriles is 1. The molecule has 0 N–H and O–H groups in total. The molecule has 1 aromatic carbocycles. The van der Waals surface area contributed by atoms with E-state index in [1.54, 1.807) is 6.07 Å². The Hall–Kier alpha value is -1.62. The van der Waals surface area contributed by atoms with E-state index in [-0.39, 0.29) is 11.0 Å². The largest absolute Gasteiger partial charge is 0.497 e. The van der Waals surface area contributed by atoms with Crippen LogP contribution in [0.3, 0.4) is 0 Å². The zero-order chi connectivity index (χ0) is 19.7. The van der Waals surface area contributed by atoms with Gasteiger partial charge in [0.05, 0.1) is 16.8 Å². The van der Waals surface area contributed by atoms with E-state index in [1.165, 1.54) is 25.3 Å². The van der Waals surface area contributed by atoms with E-state index in [1.807, 2.05) is 33.8 Å². The first-order valence-electron chi connectivity index (χ1n) is 9.68. The van der Waals surface area contributed by atoms with Crippen molar-refractivity contribution in [2.24, 2.45) is 0 Å². The summed E-state index contributed by atoms with van der Waals surface area (Å²) in [7, 11) is -0.827. The highest BCUT2D eigenvalue weighted by atomic mass is 19.1. The lowest BCUT2D eigenvalue weighted by Crippen LogP contribution is -2.41. The lowest BCUT2D eigenvalue weighted by atomic mass is 9.78. The molecular formula is C20H28BFN2O3. The van der Waals surface area contributed by atoms with Gasteiger partial charge in [0, 0.05) is 12.0 Å². The fourth-order valence-electron chi connectivity index (χ4n) is 3.39. The molecule has 146 valence electrons. The summed E-state index contributed by atoms with van der Waals surface area (Å²) in [6.07, 6.45) is 3.71. The Balaban J connectivity index is 1.74. The molecule has 1 aromatic rings. The molecule has 5 nitrogen and oxygen atoms in total. The number of benzene rings is 1. The molecule has 0 unspecified atom stereocenters. The molecule has 0 spiro atoms. The van der Waals surface area contributed by atoms with Gasteiger partial charge in [-0.25, -0.2) is 4.39 Å². The molecular weight excluding hydrogens is 346 g/mol. The average molecular weight is 374 g/mol. The molecule has 2 fully saturated rings. The fraction of sp³-hybridized carbons (Fsp3) is 0.650. The van der Waals surface area contributed by atoms with Crippen LogP contribution in [0.1, 0.15) is 52.5 Å². The van der Waals surface area contributed by atoms with E-state index in [4.69, 9.17) is 14.0 Å². The minimum atomic E-state index is -0.827. The van der Waals surface area contributed by atoms with Crippen molar-refractivity contribution in [3.8, 4) is 11.8 Å². The second-order valence-electron chi connectivity index (χ2n) is 8.32. The highest BCUT2D eigenvalue weighted by molar-refractivity contribution is 6.62. The molecule has 0 amide bonds. The summed E-state index contributed by atoms with van der Waals surface area (Å²) in [4.78, 5) is 2.36. The van der Waals surface area contributed by atoms with Crippen molar-refractivity contribution in [2.75, 3.05) is 26.2 Å². The average Bonchev–Trinajstić information content (AvgIpc) is 2.84. The molecule has 0 aliphatic carbocycles. The predicted octanol–water partition coefficient (Wildman–Crippen LogP) is 2.86. The van der Waals surface area contributed by atoms with Gasteiger partial charge in [-0.05, 0) is 65.8 Å². The van der Waals surface area contributed by atoms with E-state index >= 15 is 0 Å². The molecule has 3 rings (SSSR count). The number of nitrogens with zero attached hydrogens (tertiary/aromatic N) is 2. The van der Waals surface area contributed by atoms with Crippen molar-refractivity contribution >= 4 is 12.6 Å². The summed E-state index contributed by atoms with van der Waals surface area (Å²) in [6.45, 7) is 11.1. The Morgan fingerprint density at radius 3 is 2.37 bits per heavy atom. The van der Waals surface area contributed by atoms with Crippen LogP contribution in [0.15, 0.2) is 12.1 Å². The van der Waals surface area contributed by atoms with E-state index < -0.39 is 24.1 Å². The zero-order valence-electron chi connectivity index (χ0n) is 16.7. The highest BCUT2D eigenvalue weighted by Crippen LogP contribution is 2.37. The number of likely N-dealkylation sites (tertiary alicyclic amines) is 1. The van der Waals surface area contributed by atoms with E-state index in [0.717, 1.165) is 19.6 Å². The van der Waals surface area contributed by atoms with E-state index in [9.17, 15) is 9.65 Å². The summed E-state index contributed by atoms with van der Waals surface area (Å²) in [5.74, 6) is -0.144. The first-order valence-corrected chi connectivity index (χ1v) is 9.68. The van der Waals surface area contributed by atoms with Crippen molar-refractivity contribution in [2.45, 2.75) is 58.2 Å². The van der Waals surface area contributed by atoms with Crippen LogP contribution in [0, 0.1) is 17.1 Å². The maximum Gasteiger partial charge on any atom is 0.497 e. The monoisotopic (exact) mass is 374 g/mol. The normalized spacial score (nSPS) is 21.9. The van der Waals surface area contributed by atoms with Gasteiger partial charge in [-0.15, -0.1) is 0 Å². The Labute approximate surface area is 161 Å². The Morgan fingerprint density at radius 1 is 1.15 bits per heavy atom. The third-order valence-electron chi connectivity index (χ3n) is 5.84. The Bertz CT molecular complexity index is 711. The molecule has 2 saturated heterocycles. The van der Waals surface area contributed by atoms with Crippen LogP contribution in [-0.4, -0.2) is 49.5 Å². The van der Waals surface area contributed by atoms with Gasteiger partial charge < -0.3 is 14.0 Å². The second kappa shape index (κ2) is 7.79. The first-order chi connectivity index (χ1) is 12.7. The Morgan fingerprint density at radius 2 is 1.78 bits per heavy atom. The van der Waals surface area contributed by atoms with Crippen molar-refractivity contribution in [3.05, 3.63) is 23.5 Å². The van der Waals surface area contributed by atoms with Gasteiger partial charge in [-0.1, -0.05) is 6.42 Å². The number of hydrogen-bond donors (Lipinski definition) is 0. The standard InChI is InChI=1S/C20H28BFN2O3/c1-19(2)20(3,4)27-21(26-19)16-13-18(15(14-23)12-17(16)22)25-11-10-24-8-6-5-7-9-24/h12-13H,5-11H2,1-4H3. The molecule has 27 heavy (non-hydrogen) atoms. The molecule has 0 atom stereocenters. The molecule has 2 aliphatic heterocycles. The molecule has 0 aromatic heterocycles. The smallest absolute Gasteiger partial charge is 0.491 e. The number of ether oxygens (including phenoxy) is 1. The second-order valence-corrected chi connectivity index (χ2v) is 8.32. The van der Waals surface area contributed by atoms with Gasteiger partial charge in [-0.3, -0.25) is 4.90 Å². The van der Waals surface area contributed by atoms with Gasteiger partial charge >= 0.3 is 7.12 Å². The summed E-state index contributed by atoms with van der Waals surface area (Å²) in [6, 6.07) is 4.77. The highest BCUT2D eigenvalue weighted by Gasteiger charge is 2.52. The summed E-state index contributed by atoms with van der Waals surface area (Å²) in [5.41, 5.74) is -0.673. The number of halogens is 1. The van der Waals surface area contributed by atoms with Gasteiger partial charge in [0.15, 0.2) is 0 Å². The maximum atomic E-state index is 14.6. The zero-order valence-corrected chi connectivity index (χ0v) is 16.7. The molecule has 2 aliphatic rings. The third kappa shape index (κ3) is 4.29. The maximum absolute atomic E-state index is 14.6. The van der Waals surface area contributed by atoms with E-state index in [2.05, 4.69) is 4.90 Å². The SMILES string of the molecule is CC1(C)OB(c2cc(OCCN3CCCCC3)c(C#N)cc2F)OC1(C)C. The van der Waals surface area contributed by atoms with E-state index in [0.29, 0.717) is 12.4 Å². The van der Waals surface area contributed by atoms with Crippen LogP contribution in [0.2, 0.25) is 0 Å². The quantitative estimate of drug-likeness (QED) is 0.742. The fourth-order valence-corrected chi connectivity index (χ4v) is 3.39. The topological polar surface area (TPSA) is 54.7 Å². The van der Waals surface area contributed by atoms with Gasteiger partial charge in [0.25, 0.3) is 0 Å². The molecule has 2 heterocycles. The molecule has 7 heteroatoms. The van der Waals surface area contributed by atoms with Crippen LogP contribution in [0.5, 0.6) is 5.75 Å². The van der Waals surface area contributed by atoms with Crippen molar-refractivity contribution in [1.82, 2.24) is 4.90 Å². The van der Waals surface area contributed by atoms with Crippen molar-refractivity contribution < 1.29 is 18.4 Å². The van der Waals surface area contributed by atoms with Crippen LogP contribution in [0.25, 0.3) is 0 Å². The van der Waals surface area contributed by atoms with Crippen LogP contribution in [-0.2, 0) is 9.31 Å².